The molecule has 0 saturated heterocycles. The van der Waals surface area contributed by atoms with Gasteiger partial charge in [-0.25, -0.2) is 14.4 Å². The number of benzene rings is 1. The fraction of sp³-hybridized carbons (Fsp3) is 0. The van der Waals surface area contributed by atoms with Crippen molar-refractivity contribution in [1.82, 2.24) is 14.5 Å². The lowest BCUT2D eigenvalue weighted by Crippen LogP contribution is -2.12. The van der Waals surface area contributed by atoms with Gasteiger partial charge in [0.1, 0.15) is 23.0 Å². The summed E-state index contributed by atoms with van der Waals surface area (Å²) in [6.45, 7) is 0. The van der Waals surface area contributed by atoms with Crippen molar-refractivity contribution in [2.45, 2.75) is 0 Å². The molecule has 94 valence electrons. The number of rotatable bonds is 1. The number of fused-ring (bicyclic) bond motifs is 1. The minimum atomic E-state index is -0.345. The highest BCUT2D eigenvalue weighted by Gasteiger charge is 2.13. The van der Waals surface area contributed by atoms with E-state index in [0.717, 1.165) is 0 Å². The molecule has 2 heterocycles. The Kier molecular flexibility index (Phi) is 2.76. The highest BCUT2D eigenvalue weighted by atomic mass is 35.5. The van der Waals surface area contributed by atoms with Gasteiger partial charge in [0.05, 0.1) is 5.52 Å². The molecule has 19 heavy (non-hydrogen) atoms. The van der Waals surface area contributed by atoms with Crippen LogP contribution in [0.1, 0.15) is 10.5 Å². The second kappa shape index (κ2) is 4.44. The number of nitrogens with zero attached hydrogens (tertiary/aromatic N) is 3. The van der Waals surface area contributed by atoms with Crippen LogP contribution in [0.3, 0.4) is 0 Å². The van der Waals surface area contributed by atoms with Crippen LogP contribution in [-0.2, 0) is 0 Å². The van der Waals surface area contributed by atoms with Crippen molar-refractivity contribution in [3.8, 4) is 0 Å². The summed E-state index contributed by atoms with van der Waals surface area (Å²) in [6.07, 6.45) is 2.80. The third kappa shape index (κ3) is 2.08. The van der Waals surface area contributed by atoms with Gasteiger partial charge in [-0.3, -0.25) is 9.36 Å². The molecular weight excluding hydrogens is 269 g/mol. The molecule has 0 atom stereocenters. The molecule has 0 fully saturated rings. The maximum absolute atomic E-state index is 13.1. The quantitative estimate of drug-likeness (QED) is 0.642. The number of halogens is 2. The Morgan fingerprint density at radius 2 is 2.05 bits per heavy atom. The van der Waals surface area contributed by atoms with Crippen molar-refractivity contribution in [2.75, 3.05) is 0 Å². The maximum Gasteiger partial charge on any atom is 0.281 e. The van der Waals surface area contributed by atoms with E-state index < -0.39 is 0 Å². The van der Waals surface area contributed by atoms with E-state index >= 15 is 0 Å². The van der Waals surface area contributed by atoms with Crippen molar-refractivity contribution in [1.29, 1.82) is 0 Å². The summed E-state index contributed by atoms with van der Waals surface area (Å²) in [5.41, 5.74) is 0.794. The average Bonchev–Trinajstić information content (AvgIpc) is 2.80. The zero-order chi connectivity index (χ0) is 13.4. The second-order valence-electron chi connectivity index (χ2n) is 3.92. The van der Waals surface area contributed by atoms with Crippen LogP contribution in [-0.4, -0.2) is 20.4 Å². The predicted octanol–water partition coefficient (Wildman–Crippen LogP) is 2.91. The van der Waals surface area contributed by atoms with Crippen molar-refractivity contribution in [2.24, 2.45) is 0 Å². The average molecular weight is 276 g/mol. The van der Waals surface area contributed by atoms with E-state index in [1.807, 2.05) is 0 Å². The topological polar surface area (TPSA) is 47.8 Å². The third-order valence-electron chi connectivity index (χ3n) is 2.72. The standard InChI is InChI=1S/C13H7ClFN3O/c14-12-6-10(16-7-17-12)13(19)18-4-3-8-5-9(15)1-2-11(8)18/h1-7H. The summed E-state index contributed by atoms with van der Waals surface area (Å²) in [5.74, 6) is -0.686. The molecule has 0 aliphatic carbocycles. The monoisotopic (exact) mass is 275 g/mol. The normalized spacial score (nSPS) is 10.8. The highest BCUT2D eigenvalue weighted by Crippen LogP contribution is 2.18. The van der Waals surface area contributed by atoms with Crippen LogP contribution in [0, 0.1) is 5.82 Å². The van der Waals surface area contributed by atoms with Gasteiger partial charge >= 0.3 is 0 Å². The van der Waals surface area contributed by atoms with Gasteiger partial charge in [-0.15, -0.1) is 0 Å². The van der Waals surface area contributed by atoms with Gasteiger partial charge in [0.15, 0.2) is 0 Å². The van der Waals surface area contributed by atoms with Crippen LogP contribution in [0.15, 0.2) is 42.9 Å². The summed E-state index contributed by atoms with van der Waals surface area (Å²) >= 11 is 5.73. The Labute approximate surface area is 112 Å². The van der Waals surface area contributed by atoms with Crippen molar-refractivity contribution >= 4 is 28.4 Å². The second-order valence-corrected chi connectivity index (χ2v) is 4.31. The van der Waals surface area contributed by atoms with Crippen LogP contribution in [0.4, 0.5) is 4.39 Å². The van der Waals surface area contributed by atoms with Gasteiger partial charge in [-0.1, -0.05) is 11.6 Å². The van der Waals surface area contributed by atoms with Crippen LogP contribution < -0.4 is 0 Å². The van der Waals surface area contributed by atoms with Crippen LogP contribution in [0.5, 0.6) is 0 Å². The molecule has 3 rings (SSSR count). The fourth-order valence-electron chi connectivity index (χ4n) is 1.86. The molecule has 0 amide bonds. The lowest BCUT2D eigenvalue weighted by atomic mass is 10.2. The first-order chi connectivity index (χ1) is 9.15. The Morgan fingerprint density at radius 3 is 2.84 bits per heavy atom. The molecule has 6 heteroatoms. The van der Waals surface area contributed by atoms with Crippen molar-refractivity contribution in [3.63, 3.8) is 0 Å². The van der Waals surface area contributed by atoms with Gasteiger partial charge in [-0.05, 0) is 24.3 Å². The molecular formula is C13H7ClFN3O. The Morgan fingerprint density at radius 1 is 1.21 bits per heavy atom. The Bertz CT molecular complexity index is 784. The summed E-state index contributed by atoms with van der Waals surface area (Å²) < 4.78 is 14.5. The van der Waals surface area contributed by atoms with Crippen LogP contribution in [0.25, 0.3) is 10.9 Å². The first-order valence-electron chi connectivity index (χ1n) is 5.44. The molecule has 3 aromatic rings. The van der Waals surface area contributed by atoms with Crippen LogP contribution in [0.2, 0.25) is 5.15 Å². The minimum absolute atomic E-state index is 0.182. The molecule has 0 aliphatic rings. The molecule has 4 nitrogen and oxygen atoms in total. The zero-order valence-corrected chi connectivity index (χ0v) is 10.3. The van der Waals surface area contributed by atoms with E-state index in [9.17, 15) is 9.18 Å². The fourth-order valence-corrected chi connectivity index (χ4v) is 2.01. The lowest BCUT2D eigenvalue weighted by Gasteiger charge is -2.03. The molecule has 0 radical (unpaired) electrons. The highest BCUT2D eigenvalue weighted by molar-refractivity contribution is 6.29. The summed E-state index contributed by atoms with van der Waals surface area (Å²) in [7, 11) is 0. The van der Waals surface area contributed by atoms with E-state index in [2.05, 4.69) is 9.97 Å². The van der Waals surface area contributed by atoms with E-state index in [1.165, 1.54) is 29.1 Å². The van der Waals surface area contributed by atoms with Crippen molar-refractivity contribution in [3.05, 3.63) is 59.5 Å². The van der Waals surface area contributed by atoms with E-state index in [1.54, 1.807) is 18.3 Å². The van der Waals surface area contributed by atoms with E-state index in [4.69, 9.17) is 11.6 Å². The molecule has 0 aliphatic heterocycles. The first kappa shape index (κ1) is 11.8. The van der Waals surface area contributed by atoms with Gasteiger partial charge in [0, 0.05) is 17.6 Å². The molecule has 0 bridgehead atoms. The molecule has 0 spiro atoms. The molecule has 0 saturated carbocycles. The van der Waals surface area contributed by atoms with Gasteiger partial charge in [0.25, 0.3) is 5.91 Å². The minimum Gasteiger partial charge on any atom is -0.282 e. The lowest BCUT2D eigenvalue weighted by molar-refractivity contribution is 0.0960. The molecule has 0 unspecified atom stereocenters. The Hall–Kier alpha value is -2.27. The van der Waals surface area contributed by atoms with Gasteiger partial charge in [-0.2, -0.15) is 0 Å². The first-order valence-corrected chi connectivity index (χ1v) is 5.82. The maximum atomic E-state index is 13.1. The van der Waals surface area contributed by atoms with Gasteiger partial charge < -0.3 is 0 Å². The SMILES string of the molecule is O=C(c1cc(Cl)ncn1)n1ccc2cc(F)ccc21. The predicted molar refractivity (Wildman–Crippen MR) is 68.7 cm³/mol. The van der Waals surface area contributed by atoms with Gasteiger partial charge in [0.2, 0.25) is 0 Å². The number of aromatic nitrogens is 3. The summed E-state index contributed by atoms with van der Waals surface area (Å²) in [4.78, 5) is 19.9. The molecule has 1 aromatic carbocycles. The third-order valence-corrected chi connectivity index (χ3v) is 2.93. The summed E-state index contributed by atoms with van der Waals surface area (Å²) in [6, 6.07) is 7.27. The Balaban J connectivity index is 2.12. The smallest absolute Gasteiger partial charge is 0.281 e. The number of carbonyl (C=O) groups excluding carboxylic acids is 1. The van der Waals surface area contributed by atoms with Crippen LogP contribution >= 0.6 is 11.6 Å². The number of hydrogen-bond acceptors (Lipinski definition) is 3. The number of hydrogen-bond donors (Lipinski definition) is 0. The van der Waals surface area contributed by atoms with E-state index in [-0.39, 0.29) is 22.6 Å². The summed E-state index contributed by atoms with van der Waals surface area (Å²) in [5, 5.41) is 0.842. The number of carbonyl (C=O) groups is 1. The van der Waals surface area contributed by atoms with Crippen molar-refractivity contribution < 1.29 is 9.18 Å². The molecule has 2 aromatic heterocycles. The van der Waals surface area contributed by atoms with E-state index in [0.29, 0.717) is 10.9 Å². The molecule has 0 N–H and O–H groups in total. The zero-order valence-electron chi connectivity index (χ0n) is 9.55. The largest absolute Gasteiger partial charge is 0.282 e.